The first-order valence-corrected chi connectivity index (χ1v) is 6.85. The minimum Gasteiger partial charge on any atom is -0.482 e. The molecule has 0 spiro atoms. The monoisotopic (exact) mass is 300 g/mol. The quantitative estimate of drug-likeness (QED) is 0.765. The van der Waals surface area contributed by atoms with Gasteiger partial charge in [-0.2, -0.15) is 0 Å². The fraction of sp³-hybridized carbons (Fsp3) is 0.154. The molecule has 0 saturated carbocycles. The van der Waals surface area contributed by atoms with E-state index in [9.17, 15) is 4.79 Å². The zero-order valence-corrected chi connectivity index (χ0v) is 11.9. The Morgan fingerprint density at radius 1 is 1.28 bits per heavy atom. The summed E-state index contributed by atoms with van der Waals surface area (Å²) in [4.78, 5) is 12.6. The first kappa shape index (κ1) is 13.4. The molecule has 1 aromatic heterocycles. The van der Waals surface area contributed by atoms with Gasteiger partial charge in [-0.25, -0.2) is 0 Å². The van der Waals surface area contributed by atoms with Crippen LogP contribution in [0.4, 0.5) is 0 Å². The molecule has 0 amide bonds. The van der Waals surface area contributed by atoms with Gasteiger partial charge >= 0.3 is 0 Å². The van der Waals surface area contributed by atoms with Gasteiger partial charge in [-0.3, -0.25) is 4.79 Å². The number of carbonyl (C=O) groups is 1. The lowest BCUT2D eigenvalue weighted by molar-refractivity contribution is 0.0822. The molecule has 18 heavy (non-hydrogen) atoms. The normalized spacial score (nSPS) is 12.2. The van der Waals surface area contributed by atoms with E-state index in [0.717, 1.165) is 0 Å². The number of ketones is 1. The van der Waals surface area contributed by atoms with E-state index in [1.807, 2.05) is 0 Å². The molecule has 0 radical (unpaired) electrons. The molecule has 0 aliphatic heterocycles. The second-order valence-electron chi connectivity index (χ2n) is 3.69. The van der Waals surface area contributed by atoms with Gasteiger partial charge in [-0.1, -0.05) is 29.3 Å². The average molecular weight is 301 g/mol. The summed E-state index contributed by atoms with van der Waals surface area (Å²) in [5.41, 5.74) is 0. The molecule has 94 valence electrons. The summed E-state index contributed by atoms with van der Waals surface area (Å²) in [6.45, 7) is 1.71. The van der Waals surface area contributed by atoms with E-state index in [2.05, 4.69) is 0 Å². The van der Waals surface area contributed by atoms with Crippen molar-refractivity contribution in [2.45, 2.75) is 13.0 Å². The van der Waals surface area contributed by atoms with Gasteiger partial charge in [0, 0.05) is 5.02 Å². The van der Waals surface area contributed by atoms with Crippen LogP contribution in [0.2, 0.25) is 9.36 Å². The Morgan fingerprint density at radius 3 is 2.67 bits per heavy atom. The Kier molecular flexibility index (Phi) is 4.27. The molecule has 0 aliphatic carbocycles. The maximum atomic E-state index is 12.0. The predicted molar refractivity (Wildman–Crippen MR) is 75.2 cm³/mol. The fourth-order valence-electron chi connectivity index (χ4n) is 1.45. The first-order valence-electron chi connectivity index (χ1n) is 5.28. The minimum absolute atomic E-state index is 0.0909. The minimum atomic E-state index is -0.571. The fourth-order valence-corrected chi connectivity index (χ4v) is 2.69. The van der Waals surface area contributed by atoms with Crippen molar-refractivity contribution in [1.82, 2.24) is 0 Å². The number of hydrogen-bond acceptors (Lipinski definition) is 3. The number of thiophene rings is 1. The average Bonchev–Trinajstić information content (AvgIpc) is 2.75. The van der Waals surface area contributed by atoms with E-state index < -0.39 is 6.10 Å². The van der Waals surface area contributed by atoms with Crippen molar-refractivity contribution >= 4 is 40.3 Å². The molecule has 1 atom stereocenters. The van der Waals surface area contributed by atoms with Crippen LogP contribution in [0, 0.1) is 0 Å². The van der Waals surface area contributed by atoms with Gasteiger partial charge < -0.3 is 4.74 Å². The highest BCUT2D eigenvalue weighted by molar-refractivity contribution is 7.18. The van der Waals surface area contributed by atoms with Crippen LogP contribution in [-0.4, -0.2) is 11.9 Å². The zero-order valence-electron chi connectivity index (χ0n) is 9.52. The second kappa shape index (κ2) is 5.74. The topological polar surface area (TPSA) is 26.3 Å². The molecule has 0 fully saturated rings. The number of hydrogen-bond donors (Lipinski definition) is 0. The number of benzene rings is 1. The van der Waals surface area contributed by atoms with Crippen molar-refractivity contribution in [2.75, 3.05) is 0 Å². The molecule has 2 aromatic rings. The highest BCUT2D eigenvalue weighted by atomic mass is 35.5. The Labute approximate surface area is 119 Å². The zero-order chi connectivity index (χ0) is 13.1. The smallest absolute Gasteiger partial charge is 0.212 e. The number of rotatable bonds is 4. The maximum absolute atomic E-state index is 12.0. The molecule has 1 heterocycles. The molecule has 0 bridgehead atoms. The second-order valence-corrected chi connectivity index (χ2v) is 5.84. The number of ether oxygens (including phenoxy) is 1. The number of carbonyl (C=O) groups excluding carboxylic acids is 1. The van der Waals surface area contributed by atoms with E-state index in [-0.39, 0.29) is 5.78 Å². The van der Waals surface area contributed by atoms with E-state index in [0.29, 0.717) is 20.0 Å². The third-order valence-corrected chi connectivity index (χ3v) is 3.78. The summed E-state index contributed by atoms with van der Waals surface area (Å²) in [7, 11) is 0. The van der Waals surface area contributed by atoms with E-state index in [1.165, 1.54) is 11.3 Å². The summed E-state index contributed by atoms with van der Waals surface area (Å²) in [6, 6.07) is 10.4. The lowest BCUT2D eigenvalue weighted by Crippen LogP contribution is -2.23. The molecule has 1 unspecified atom stereocenters. The van der Waals surface area contributed by atoms with E-state index in [4.69, 9.17) is 27.9 Å². The number of halogens is 2. The van der Waals surface area contributed by atoms with Gasteiger partial charge in [0.2, 0.25) is 5.78 Å². The van der Waals surface area contributed by atoms with Crippen LogP contribution in [0.25, 0.3) is 0 Å². The molecular weight excluding hydrogens is 291 g/mol. The number of Topliss-reactive ketones (excluding diaryl/α,β-unsaturated/α-hetero) is 1. The molecular formula is C13H10Cl2O2S. The van der Waals surface area contributed by atoms with E-state index in [1.54, 1.807) is 43.3 Å². The van der Waals surface area contributed by atoms with Crippen LogP contribution >= 0.6 is 34.5 Å². The van der Waals surface area contributed by atoms with Gasteiger partial charge in [0.15, 0.2) is 6.10 Å². The SMILES string of the molecule is CC(Oc1cccc(Cl)c1)C(=O)c1ccc(Cl)s1. The largest absolute Gasteiger partial charge is 0.482 e. The lowest BCUT2D eigenvalue weighted by atomic mass is 10.2. The molecule has 2 nitrogen and oxygen atoms in total. The van der Waals surface area contributed by atoms with Gasteiger partial charge in [0.05, 0.1) is 9.21 Å². The summed E-state index contributed by atoms with van der Waals surface area (Å²) in [5.74, 6) is 0.484. The Bertz CT molecular complexity index is 566. The molecule has 0 N–H and O–H groups in total. The standard InChI is InChI=1S/C13H10Cl2O2S/c1-8(13(16)11-5-6-12(15)18-11)17-10-4-2-3-9(14)7-10/h2-8H,1H3. The highest BCUT2D eigenvalue weighted by Gasteiger charge is 2.18. The van der Waals surface area contributed by atoms with Crippen LogP contribution in [-0.2, 0) is 0 Å². The van der Waals surface area contributed by atoms with Gasteiger partial charge in [0.1, 0.15) is 5.75 Å². The molecule has 5 heteroatoms. The molecule has 0 aliphatic rings. The van der Waals surface area contributed by atoms with Gasteiger partial charge in [-0.05, 0) is 37.3 Å². The van der Waals surface area contributed by atoms with Crippen molar-refractivity contribution in [3.8, 4) is 5.75 Å². The maximum Gasteiger partial charge on any atom is 0.212 e. The summed E-state index contributed by atoms with van der Waals surface area (Å²) < 4.78 is 6.14. The summed E-state index contributed by atoms with van der Waals surface area (Å²) in [5, 5.41) is 0.575. The van der Waals surface area contributed by atoms with Crippen LogP contribution in [0.5, 0.6) is 5.75 Å². The van der Waals surface area contributed by atoms with Crippen LogP contribution in [0.15, 0.2) is 36.4 Å². The van der Waals surface area contributed by atoms with Crippen LogP contribution < -0.4 is 4.74 Å². The molecule has 2 rings (SSSR count). The summed E-state index contributed by atoms with van der Waals surface area (Å²) >= 11 is 12.9. The Balaban J connectivity index is 2.08. The van der Waals surface area contributed by atoms with Crippen molar-refractivity contribution in [3.63, 3.8) is 0 Å². The molecule has 0 saturated heterocycles. The molecule has 1 aromatic carbocycles. The predicted octanol–water partition coefficient (Wildman–Crippen LogP) is 4.71. The van der Waals surface area contributed by atoms with E-state index >= 15 is 0 Å². The van der Waals surface area contributed by atoms with Crippen molar-refractivity contribution in [2.24, 2.45) is 0 Å². The van der Waals surface area contributed by atoms with Crippen LogP contribution in [0.1, 0.15) is 16.6 Å². The summed E-state index contributed by atoms with van der Waals surface area (Å²) in [6.07, 6.45) is -0.571. The van der Waals surface area contributed by atoms with Crippen molar-refractivity contribution in [3.05, 3.63) is 50.6 Å². The van der Waals surface area contributed by atoms with Crippen molar-refractivity contribution < 1.29 is 9.53 Å². The third-order valence-electron chi connectivity index (χ3n) is 2.29. The third kappa shape index (κ3) is 3.25. The highest BCUT2D eigenvalue weighted by Crippen LogP contribution is 2.24. The Hall–Kier alpha value is -1.03. The lowest BCUT2D eigenvalue weighted by Gasteiger charge is -2.12. The van der Waals surface area contributed by atoms with Crippen LogP contribution in [0.3, 0.4) is 0 Å². The first-order chi connectivity index (χ1) is 8.56. The Morgan fingerprint density at radius 2 is 2.06 bits per heavy atom. The van der Waals surface area contributed by atoms with Gasteiger partial charge in [-0.15, -0.1) is 11.3 Å². The van der Waals surface area contributed by atoms with Gasteiger partial charge in [0.25, 0.3) is 0 Å². The van der Waals surface area contributed by atoms with Crippen molar-refractivity contribution in [1.29, 1.82) is 0 Å².